The van der Waals surface area contributed by atoms with E-state index in [0.717, 1.165) is 22.3 Å². The van der Waals surface area contributed by atoms with Gasteiger partial charge in [-0.05, 0) is 36.1 Å². The molecule has 0 aliphatic rings. The highest BCUT2D eigenvalue weighted by molar-refractivity contribution is 5.49. The van der Waals surface area contributed by atoms with Crippen LogP contribution in [0, 0.1) is 0 Å². The van der Waals surface area contributed by atoms with E-state index in [1.54, 1.807) is 6.08 Å². The van der Waals surface area contributed by atoms with Gasteiger partial charge < -0.3 is 5.73 Å². The third kappa shape index (κ3) is 6.20. The minimum Gasteiger partial charge on any atom is -0.327 e. The van der Waals surface area contributed by atoms with Crippen LogP contribution in [0.2, 0.25) is 0 Å². The Bertz CT molecular complexity index is 303. The van der Waals surface area contributed by atoms with Crippen LogP contribution in [-0.2, 0) is 0 Å². The summed E-state index contributed by atoms with van der Waals surface area (Å²) < 4.78 is 0. The van der Waals surface area contributed by atoms with Crippen LogP contribution in [0.25, 0.3) is 0 Å². The summed E-state index contributed by atoms with van der Waals surface area (Å²) in [7, 11) is 0. The highest BCUT2D eigenvalue weighted by atomic mass is 14.5. The lowest BCUT2D eigenvalue weighted by atomic mass is 10.00. The van der Waals surface area contributed by atoms with E-state index in [-0.39, 0.29) is 0 Å². The van der Waals surface area contributed by atoms with E-state index in [2.05, 4.69) is 19.7 Å². The quantitative estimate of drug-likeness (QED) is 0.690. The topological polar surface area (TPSA) is 26.0 Å². The third-order valence-electron chi connectivity index (χ3n) is 2.12. The summed E-state index contributed by atoms with van der Waals surface area (Å²) in [5, 5.41) is 0. The van der Waals surface area contributed by atoms with Crippen LogP contribution in [0.15, 0.2) is 60.3 Å². The summed E-state index contributed by atoms with van der Waals surface area (Å²) in [6, 6.07) is 0. The molecule has 1 nitrogen and oxygen atoms in total. The molecular weight excluding hydrogens is 194 g/mol. The smallest absolute Gasteiger partial charge is 0.0174 e. The summed E-state index contributed by atoms with van der Waals surface area (Å²) in [6.07, 6.45) is 5.72. The lowest BCUT2D eigenvalue weighted by Gasteiger charge is -2.06. The molecule has 1 heteroatoms. The highest BCUT2D eigenvalue weighted by Crippen LogP contribution is 2.17. The number of hydrogen-bond donors (Lipinski definition) is 1. The summed E-state index contributed by atoms with van der Waals surface area (Å²) >= 11 is 0. The number of hydrogen-bond acceptors (Lipinski definition) is 1. The Balaban J connectivity index is 0. The van der Waals surface area contributed by atoms with Crippen molar-refractivity contribution in [3.05, 3.63) is 60.3 Å². The van der Waals surface area contributed by atoms with E-state index < -0.39 is 0 Å². The number of rotatable bonds is 5. The largest absolute Gasteiger partial charge is 0.327 e. The maximum absolute atomic E-state index is 5.56. The first-order valence-corrected chi connectivity index (χ1v) is 5.61. The Morgan fingerprint density at radius 2 is 1.75 bits per heavy atom. The van der Waals surface area contributed by atoms with Crippen molar-refractivity contribution >= 4 is 0 Å². The van der Waals surface area contributed by atoms with Gasteiger partial charge in [-0.25, -0.2) is 0 Å². The van der Waals surface area contributed by atoms with Gasteiger partial charge in [-0.3, -0.25) is 0 Å². The molecule has 0 radical (unpaired) electrons. The Hall–Kier alpha value is -1.34. The minimum absolute atomic E-state index is 0.543. The van der Waals surface area contributed by atoms with Gasteiger partial charge in [0.25, 0.3) is 0 Å². The first-order valence-electron chi connectivity index (χ1n) is 5.61. The van der Waals surface area contributed by atoms with Crippen molar-refractivity contribution in [3.8, 4) is 0 Å². The highest BCUT2D eigenvalue weighted by Gasteiger charge is 1.99. The van der Waals surface area contributed by atoms with Crippen molar-refractivity contribution in [3.63, 3.8) is 0 Å². The second-order valence-electron chi connectivity index (χ2n) is 3.10. The normalized spacial score (nSPS) is 11.3. The van der Waals surface area contributed by atoms with Crippen molar-refractivity contribution in [2.45, 2.75) is 27.7 Å². The molecule has 0 spiro atoms. The predicted molar refractivity (Wildman–Crippen MR) is 76.4 cm³/mol. The second kappa shape index (κ2) is 10.2. The average Bonchev–Trinajstić information content (AvgIpc) is 2.35. The zero-order chi connectivity index (χ0) is 13.1. The van der Waals surface area contributed by atoms with E-state index in [1.165, 1.54) is 0 Å². The molecule has 0 aliphatic heterocycles. The van der Waals surface area contributed by atoms with Gasteiger partial charge in [0, 0.05) is 6.54 Å². The molecule has 0 aromatic heterocycles. The fourth-order valence-corrected chi connectivity index (χ4v) is 1.00. The molecule has 0 saturated carbocycles. The zero-order valence-corrected chi connectivity index (χ0v) is 11.1. The van der Waals surface area contributed by atoms with Crippen LogP contribution in [0.5, 0.6) is 0 Å². The molecule has 0 aliphatic carbocycles. The maximum atomic E-state index is 5.56. The van der Waals surface area contributed by atoms with Gasteiger partial charge in [0.2, 0.25) is 0 Å². The minimum atomic E-state index is 0.543. The van der Waals surface area contributed by atoms with Crippen LogP contribution >= 0.6 is 0 Å². The molecule has 0 bridgehead atoms. The zero-order valence-electron chi connectivity index (χ0n) is 11.1. The summed E-state index contributed by atoms with van der Waals surface area (Å²) in [5.41, 5.74) is 9.49. The average molecular weight is 219 g/mol. The Morgan fingerprint density at radius 3 is 2.06 bits per heavy atom. The molecule has 0 atom stereocenters. The van der Waals surface area contributed by atoms with E-state index >= 15 is 0 Å². The standard InChI is InChI=1S/C13H19N.C2H6/c1-6-10(3)12(5)11(4)8-13(7-2)9-14;1-2/h6-8H,1,3,5,9,14H2,2,4H3;1-2H3/b11-8+,13-7+;. The molecule has 0 fully saturated rings. The van der Waals surface area contributed by atoms with Gasteiger partial charge in [-0.1, -0.05) is 51.8 Å². The van der Waals surface area contributed by atoms with Gasteiger partial charge in [-0.15, -0.1) is 0 Å². The van der Waals surface area contributed by atoms with E-state index in [1.807, 2.05) is 39.8 Å². The van der Waals surface area contributed by atoms with E-state index in [4.69, 9.17) is 5.73 Å². The molecule has 0 aromatic carbocycles. The number of allylic oxidation sites excluding steroid dienone is 5. The molecule has 2 N–H and O–H groups in total. The van der Waals surface area contributed by atoms with Crippen molar-refractivity contribution in [2.24, 2.45) is 5.73 Å². The molecule has 0 aromatic rings. The van der Waals surface area contributed by atoms with Crippen LogP contribution in [0.1, 0.15) is 27.7 Å². The molecular formula is C15H25N. The molecule has 0 unspecified atom stereocenters. The molecule has 0 rings (SSSR count). The molecule has 0 heterocycles. The van der Waals surface area contributed by atoms with Crippen LogP contribution in [0.4, 0.5) is 0 Å². The first-order chi connectivity index (χ1) is 7.56. The maximum Gasteiger partial charge on any atom is 0.0174 e. The van der Waals surface area contributed by atoms with Gasteiger partial charge in [-0.2, -0.15) is 0 Å². The fourth-order valence-electron chi connectivity index (χ4n) is 1.00. The molecule has 0 amide bonds. The monoisotopic (exact) mass is 219 g/mol. The van der Waals surface area contributed by atoms with Gasteiger partial charge in [0.15, 0.2) is 0 Å². The van der Waals surface area contributed by atoms with Gasteiger partial charge >= 0.3 is 0 Å². The summed E-state index contributed by atoms with van der Waals surface area (Å²) in [4.78, 5) is 0. The first kappa shape index (κ1) is 17.1. The molecule has 0 saturated heterocycles. The predicted octanol–water partition coefficient (Wildman–Crippen LogP) is 4.16. The SMILES string of the molecule is C=CC(=C)C(=C)/C(C)=C/C(=C\C)CN.CC. The number of nitrogens with two attached hydrogens (primary N) is 1. The lowest BCUT2D eigenvalue weighted by Crippen LogP contribution is -2.01. The molecule has 90 valence electrons. The Labute approximate surface area is 101 Å². The van der Waals surface area contributed by atoms with Crippen molar-refractivity contribution in [2.75, 3.05) is 6.54 Å². The Kier molecular flexibility index (Phi) is 10.9. The lowest BCUT2D eigenvalue weighted by molar-refractivity contribution is 1.17. The molecule has 16 heavy (non-hydrogen) atoms. The van der Waals surface area contributed by atoms with E-state index in [0.29, 0.717) is 6.54 Å². The van der Waals surface area contributed by atoms with Crippen LogP contribution in [0.3, 0.4) is 0 Å². The van der Waals surface area contributed by atoms with Crippen LogP contribution in [-0.4, -0.2) is 6.54 Å². The third-order valence-corrected chi connectivity index (χ3v) is 2.12. The van der Waals surface area contributed by atoms with Crippen molar-refractivity contribution in [1.29, 1.82) is 0 Å². The summed E-state index contributed by atoms with van der Waals surface area (Å²) in [6.45, 7) is 19.9. The second-order valence-corrected chi connectivity index (χ2v) is 3.10. The van der Waals surface area contributed by atoms with Gasteiger partial charge in [0.05, 0.1) is 0 Å². The van der Waals surface area contributed by atoms with Crippen molar-refractivity contribution in [1.82, 2.24) is 0 Å². The van der Waals surface area contributed by atoms with E-state index in [9.17, 15) is 0 Å². The summed E-state index contributed by atoms with van der Waals surface area (Å²) in [5.74, 6) is 0. The van der Waals surface area contributed by atoms with Gasteiger partial charge in [0.1, 0.15) is 0 Å². The fraction of sp³-hybridized carbons (Fsp3) is 0.333. The van der Waals surface area contributed by atoms with Crippen LogP contribution < -0.4 is 5.73 Å². The Morgan fingerprint density at radius 1 is 1.25 bits per heavy atom. The van der Waals surface area contributed by atoms with Crippen molar-refractivity contribution < 1.29 is 0 Å².